The van der Waals surface area contributed by atoms with Crippen LogP contribution < -0.4 is 4.90 Å². The average molecular weight is 283 g/mol. The Morgan fingerprint density at radius 2 is 2.16 bits per heavy atom. The van der Waals surface area contributed by atoms with Crippen molar-refractivity contribution in [3.8, 4) is 0 Å². The third-order valence-corrected chi connectivity index (χ3v) is 3.88. The van der Waals surface area contributed by atoms with Gasteiger partial charge < -0.3 is 14.9 Å². The molecule has 104 valence electrons. The molecule has 1 aliphatic rings. The summed E-state index contributed by atoms with van der Waals surface area (Å²) >= 11 is 6.04. The van der Waals surface area contributed by atoms with Crippen molar-refractivity contribution < 1.29 is 9.90 Å². The zero-order chi connectivity index (χ0) is 14.0. The van der Waals surface area contributed by atoms with E-state index in [-0.39, 0.29) is 11.6 Å². The number of carbonyl (C=O) groups is 1. The second kappa shape index (κ2) is 5.80. The van der Waals surface area contributed by atoms with Gasteiger partial charge in [-0.3, -0.25) is 0 Å². The first-order chi connectivity index (χ1) is 9.00. The number of aromatic carboxylic acids is 1. The fourth-order valence-electron chi connectivity index (χ4n) is 2.69. The summed E-state index contributed by atoms with van der Waals surface area (Å²) in [6.45, 7) is 4.93. The van der Waals surface area contributed by atoms with Crippen LogP contribution in [0.2, 0.25) is 5.02 Å². The Labute approximate surface area is 118 Å². The Balaban J connectivity index is 2.40. The molecule has 1 heterocycles. The Morgan fingerprint density at radius 1 is 1.42 bits per heavy atom. The molecule has 1 saturated heterocycles. The van der Waals surface area contributed by atoms with E-state index in [0.717, 1.165) is 31.7 Å². The molecule has 0 bridgehead atoms. The number of hydrogen-bond acceptors (Lipinski definition) is 3. The lowest BCUT2D eigenvalue weighted by molar-refractivity contribution is 0.0697. The molecule has 1 aliphatic heterocycles. The highest BCUT2D eigenvalue weighted by molar-refractivity contribution is 6.34. The van der Waals surface area contributed by atoms with Crippen LogP contribution in [0, 0.1) is 0 Å². The van der Waals surface area contributed by atoms with Gasteiger partial charge in [-0.05, 0) is 39.1 Å². The molecule has 19 heavy (non-hydrogen) atoms. The van der Waals surface area contributed by atoms with Crippen molar-refractivity contribution >= 4 is 23.3 Å². The number of carboxylic acids is 1. The third kappa shape index (κ3) is 3.01. The van der Waals surface area contributed by atoms with Gasteiger partial charge in [0.25, 0.3) is 0 Å². The second-order valence-electron chi connectivity index (χ2n) is 5.10. The Bertz CT molecular complexity index is 479. The number of anilines is 1. The van der Waals surface area contributed by atoms with Crippen molar-refractivity contribution in [3.63, 3.8) is 0 Å². The lowest BCUT2D eigenvalue weighted by Gasteiger charge is -2.31. The normalized spacial score (nSPS) is 21.2. The van der Waals surface area contributed by atoms with Gasteiger partial charge in [0.15, 0.2) is 0 Å². The van der Waals surface area contributed by atoms with E-state index in [0.29, 0.717) is 5.02 Å². The van der Waals surface area contributed by atoms with E-state index in [4.69, 9.17) is 11.6 Å². The first kappa shape index (κ1) is 14.2. The summed E-state index contributed by atoms with van der Waals surface area (Å²) in [5.41, 5.74) is 0.934. The van der Waals surface area contributed by atoms with E-state index in [1.807, 2.05) is 12.1 Å². The molecule has 0 saturated carbocycles. The van der Waals surface area contributed by atoms with Crippen molar-refractivity contribution in [2.75, 3.05) is 31.6 Å². The molecule has 0 spiro atoms. The molecule has 1 aromatic carbocycles. The predicted octanol–water partition coefficient (Wildman–Crippen LogP) is 2.57. The van der Waals surface area contributed by atoms with Crippen molar-refractivity contribution in [1.82, 2.24) is 4.90 Å². The lowest BCUT2D eigenvalue weighted by Crippen LogP contribution is -2.38. The molecule has 1 unspecified atom stereocenters. The van der Waals surface area contributed by atoms with Crippen molar-refractivity contribution in [1.29, 1.82) is 0 Å². The quantitative estimate of drug-likeness (QED) is 0.905. The number of nitrogens with zero attached hydrogens (tertiary/aromatic N) is 2. The molecule has 0 radical (unpaired) electrons. The minimum atomic E-state index is -0.967. The van der Waals surface area contributed by atoms with Gasteiger partial charge in [-0.2, -0.15) is 0 Å². The van der Waals surface area contributed by atoms with Crippen LogP contribution in [0.5, 0.6) is 0 Å². The average Bonchev–Trinajstić information content (AvgIpc) is 2.49. The zero-order valence-electron chi connectivity index (χ0n) is 11.3. The summed E-state index contributed by atoms with van der Waals surface area (Å²) in [6.07, 6.45) is 1.02. The fraction of sp³-hybridized carbons (Fsp3) is 0.500. The van der Waals surface area contributed by atoms with E-state index in [9.17, 15) is 9.90 Å². The highest BCUT2D eigenvalue weighted by Gasteiger charge is 2.25. The summed E-state index contributed by atoms with van der Waals surface area (Å²) in [5, 5.41) is 9.66. The van der Waals surface area contributed by atoms with Gasteiger partial charge in [-0.1, -0.05) is 17.7 Å². The fourth-order valence-corrected chi connectivity index (χ4v) is 2.94. The number of rotatable bonds is 2. The van der Waals surface area contributed by atoms with Crippen LogP contribution in [-0.4, -0.2) is 48.7 Å². The smallest absolute Gasteiger partial charge is 0.339 e. The predicted molar refractivity (Wildman–Crippen MR) is 77.3 cm³/mol. The molecule has 0 amide bonds. The molecule has 1 aromatic rings. The molecule has 4 nitrogen and oxygen atoms in total. The van der Waals surface area contributed by atoms with E-state index in [2.05, 4.69) is 23.8 Å². The molecule has 5 heteroatoms. The maximum atomic E-state index is 11.4. The second-order valence-corrected chi connectivity index (χ2v) is 5.50. The Kier molecular flexibility index (Phi) is 4.32. The Hall–Kier alpha value is -1.26. The summed E-state index contributed by atoms with van der Waals surface area (Å²) in [7, 11) is 2.09. The standard InChI is InChI=1S/C14H19ClN2O2/c1-10-9-16(2)7-4-8-17(10)12-6-3-5-11(15)13(12)14(18)19/h3,5-6,10H,4,7-9H2,1-2H3,(H,18,19). The number of carboxylic acid groups (broad SMARTS) is 1. The van der Waals surface area contributed by atoms with Crippen LogP contribution in [0.3, 0.4) is 0 Å². The van der Waals surface area contributed by atoms with Crippen LogP contribution in [0.4, 0.5) is 5.69 Å². The van der Waals surface area contributed by atoms with Crippen LogP contribution in [-0.2, 0) is 0 Å². The molecule has 2 rings (SSSR count). The van der Waals surface area contributed by atoms with E-state index in [1.54, 1.807) is 6.07 Å². The molecule has 1 fully saturated rings. The minimum absolute atomic E-state index is 0.209. The minimum Gasteiger partial charge on any atom is -0.478 e. The van der Waals surface area contributed by atoms with Crippen LogP contribution in [0.25, 0.3) is 0 Å². The highest BCUT2D eigenvalue weighted by Crippen LogP contribution is 2.30. The maximum Gasteiger partial charge on any atom is 0.339 e. The van der Waals surface area contributed by atoms with Crippen LogP contribution in [0.1, 0.15) is 23.7 Å². The van der Waals surface area contributed by atoms with Crippen LogP contribution >= 0.6 is 11.6 Å². The van der Waals surface area contributed by atoms with Crippen molar-refractivity contribution in [3.05, 3.63) is 28.8 Å². The summed E-state index contributed by atoms with van der Waals surface area (Å²) < 4.78 is 0. The molecular formula is C14H19ClN2O2. The van der Waals surface area contributed by atoms with Gasteiger partial charge in [0, 0.05) is 19.1 Å². The van der Waals surface area contributed by atoms with Crippen LogP contribution in [0.15, 0.2) is 18.2 Å². The van der Waals surface area contributed by atoms with Crippen molar-refractivity contribution in [2.24, 2.45) is 0 Å². The van der Waals surface area contributed by atoms with Gasteiger partial charge in [0.1, 0.15) is 5.56 Å². The number of benzene rings is 1. The molecule has 1 N–H and O–H groups in total. The van der Waals surface area contributed by atoms with E-state index < -0.39 is 5.97 Å². The molecule has 1 atom stereocenters. The first-order valence-electron chi connectivity index (χ1n) is 6.47. The van der Waals surface area contributed by atoms with Gasteiger partial charge in [0.05, 0.1) is 10.7 Å². The summed E-state index contributed by atoms with van der Waals surface area (Å²) in [5.74, 6) is -0.967. The largest absolute Gasteiger partial charge is 0.478 e. The van der Waals surface area contributed by atoms with E-state index >= 15 is 0 Å². The van der Waals surface area contributed by atoms with Crippen molar-refractivity contribution in [2.45, 2.75) is 19.4 Å². The molecule has 0 aromatic heterocycles. The number of likely N-dealkylation sites (N-methyl/N-ethyl adjacent to an activating group) is 1. The lowest BCUT2D eigenvalue weighted by atomic mass is 10.1. The summed E-state index contributed by atoms with van der Waals surface area (Å²) in [6, 6.07) is 5.55. The zero-order valence-corrected chi connectivity index (χ0v) is 12.0. The molecule has 0 aliphatic carbocycles. The third-order valence-electron chi connectivity index (χ3n) is 3.56. The van der Waals surface area contributed by atoms with Gasteiger partial charge in [-0.25, -0.2) is 4.79 Å². The van der Waals surface area contributed by atoms with Gasteiger partial charge in [0.2, 0.25) is 0 Å². The summed E-state index contributed by atoms with van der Waals surface area (Å²) in [4.78, 5) is 15.8. The van der Waals surface area contributed by atoms with E-state index in [1.165, 1.54) is 0 Å². The van der Waals surface area contributed by atoms with Gasteiger partial charge in [-0.15, -0.1) is 0 Å². The highest BCUT2D eigenvalue weighted by atomic mass is 35.5. The monoisotopic (exact) mass is 282 g/mol. The topological polar surface area (TPSA) is 43.8 Å². The Morgan fingerprint density at radius 3 is 2.84 bits per heavy atom. The first-order valence-corrected chi connectivity index (χ1v) is 6.85. The molecular weight excluding hydrogens is 264 g/mol. The SMILES string of the molecule is CC1CN(C)CCCN1c1cccc(Cl)c1C(=O)O. The van der Waals surface area contributed by atoms with Gasteiger partial charge >= 0.3 is 5.97 Å². The number of halogens is 1. The maximum absolute atomic E-state index is 11.4. The number of hydrogen-bond donors (Lipinski definition) is 1.